The van der Waals surface area contributed by atoms with E-state index in [0.717, 1.165) is 14.5 Å². The van der Waals surface area contributed by atoms with E-state index in [1.165, 1.54) is 4.79 Å². The van der Waals surface area contributed by atoms with Crippen LogP contribution in [0.25, 0.3) is 10.9 Å². The van der Waals surface area contributed by atoms with Gasteiger partial charge in [-0.25, -0.2) is 10.2 Å². The van der Waals surface area contributed by atoms with Crippen LogP contribution in [0.5, 0.6) is 0 Å². The predicted molar refractivity (Wildman–Crippen MR) is 78.0 cm³/mol. The Morgan fingerprint density at radius 2 is 2.17 bits per heavy atom. The van der Waals surface area contributed by atoms with Gasteiger partial charge in [0.05, 0.1) is 11.7 Å². The van der Waals surface area contributed by atoms with Crippen molar-refractivity contribution in [2.24, 2.45) is 0 Å². The fraction of sp³-hybridized carbons (Fsp3) is 0.333. The topological polar surface area (TPSA) is 56.1 Å². The summed E-state index contributed by atoms with van der Waals surface area (Å²) < 4.78 is 6.29. The van der Waals surface area contributed by atoms with E-state index >= 15 is 0 Å². The minimum Gasteiger partial charge on any atom is -0.443 e. The SMILES string of the molecule is CC(C)(C)OC(=O)Nn1ncc2cc(I)ccc21. The van der Waals surface area contributed by atoms with Crippen LogP contribution in [-0.2, 0) is 4.74 Å². The van der Waals surface area contributed by atoms with Crippen LogP contribution < -0.4 is 5.43 Å². The molecule has 0 aliphatic heterocycles. The first-order chi connectivity index (χ1) is 8.35. The number of benzene rings is 1. The molecule has 96 valence electrons. The lowest BCUT2D eigenvalue weighted by atomic mass is 10.2. The number of aromatic nitrogens is 2. The highest BCUT2D eigenvalue weighted by molar-refractivity contribution is 14.1. The second kappa shape index (κ2) is 4.75. The molecule has 1 heterocycles. The summed E-state index contributed by atoms with van der Waals surface area (Å²) in [7, 11) is 0. The normalized spacial score (nSPS) is 11.6. The molecular formula is C12H14IN3O2. The molecule has 0 aliphatic carbocycles. The average Bonchev–Trinajstić information content (AvgIpc) is 2.57. The van der Waals surface area contributed by atoms with Crippen LogP contribution in [0.1, 0.15) is 20.8 Å². The fourth-order valence-electron chi connectivity index (χ4n) is 1.48. The van der Waals surface area contributed by atoms with Gasteiger partial charge in [0.1, 0.15) is 5.60 Å². The second-order valence-electron chi connectivity index (χ2n) is 4.87. The highest BCUT2D eigenvalue weighted by Gasteiger charge is 2.17. The Hall–Kier alpha value is -1.31. The first-order valence-electron chi connectivity index (χ1n) is 5.48. The van der Waals surface area contributed by atoms with E-state index in [-0.39, 0.29) is 0 Å². The van der Waals surface area contributed by atoms with Gasteiger partial charge in [-0.3, -0.25) is 0 Å². The van der Waals surface area contributed by atoms with Gasteiger partial charge in [0.2, 0.25) is 0 Å². The van der Waals surface area contributed by atoms with E-state index in [9.17, 15) is 4.79 Å². The smallest absolute Gasteiger partial charge is 0.428 e. The number of nitrogens with zero attached hydrogens (tertiary/aromatic N) is 2. The van der Waals surface area contributed by atoms with E-state index in [0.29, 0.717) is 0 Å². The number of carbonyl (C=O) groups is 1. The van der Waals surface area contributed by atoms with Crippen molar-refractivity contribution in [3.8, 4) is 0 Å². The Kier molecular flexibility index (Phi) is 3.47. The third-order valence-electron chi connectivity index (χ3n) is 2.13. The van der Waals surface area contributed by atoms with Crippen LogP contribution in [0.2, 0.25) is 0 Å². The number of fused-ring (bicyclic) bond motifs is 1. The molecule has 1 aromatic carbocycles. The molecule has 0 atom stereocenters. The molecule has 0 fully saturated rings. The number of nitrogens with one attached hydrogen (secondary N) is 1. The summed E-state index contributed by atoms with van der Waals surface area (Å²) in [5.74, 6) is 0. The van der Waals surface area contributed by atoms with Gasteiger partial charge in [0.15, 0.2) is 0 Å². The van der Waals surface area contributed by atoms with E-state index in [1.807, 2.05) is 39.0 Å². The summed E-state index contributed by atoms with van der Waals surface area (Å²) in [6.07, 6.45) is 1.18. The lowest BCUT2D eigenvalue weighted by molar-refractivity contribution is 0.0611. The first-order valence-corrected chi connectivity index (χ1v) is 6.56. The van der Waals surface area contributed by atoms with Gasteiger partial charge in [0.25, 0.3) is 0 Å². The number of carbonyl (C=O) groups excluding carboxylic acids is 1. The molecule has 0 unspecified atom stereocenters. The number of rotatable bonds is 1. The number of ether oxygens (including phenoxy) is 1. The van der Waals surface area contributed by atoms with Crippen LogP contribution in [-0.4, -0.2) is 21.6 Å². The molecule has 1 aromatic heterocycles. The largest absolute Gasteiger partial charge is 0.443 e. The lowest BCUT2D eigenvalue weighted by Crippen LogP contribution is -2.32. The third kappa shape index (κ3) is 3.12. The van der Waals surface area contributed by atoms with Crippen LogP contribution in [0, 0.1) is 3.57 Å². The summed E-state index contributed by atoms with van der Waals surface area (Å²) in [6.45, 7) is 5.45. The third-order valence-corrected chi connectivity index (χ3v) is 2.80. The molecule has 0 radical (unpaired) electrons. The van der Waals surface area contributed by atoms with E-state index in [2.05, 4.69) is 33.1 Å². The van der Waals surface area contributed by atoms with E-state index in [4.69, 9.17) is 4.74 Å². The first kappa shape index (κ1) is 13.1. The molecule has 0 bridgehead atoms. The van der Waals surface area contributed by atoms with Gasteiger partial charge >= 0.3 is 6.09 Å². The second-order valence-corrected chi connectivity index (χ2v) is 6.12. The van der Waals surface area contributed by atoms with Gasteiger partial charge in [-0.15, -0.1) is 0 Å². The molecule has 0 spiro atoms. The summed E-state index contributed by atoms with van der Waals surface area (Å²) >= 11 is 2.23. The molecule has 1 amide bonds. The van der Waals surface area contributed by atoms with Crippen molar-refractivity contribution in [3.05, 3.63) is 28.0 Å². The summed E-state index contributed by atoms with van der Waals surface area (Å²) in [4.78, 5) is 13.1. The van der Waals surface area contributed by atoms with Crippen LogP contribution in [0.4, 0.5) is 4.79 Å². The summed E-state index contributed by atoms with van der Waals surface area (Å²) in [5.41, 5.74) is 2.89. The molecule has 0 saturated heterocycles. The number of hydrogen-bond acceptors (Lipinski definition) is 3. The predicted octanol–water partition coefficient (Wildman–Crippen LogP) is 3.12. The minimum absolute atomic E-state index is 0.522. The zero-order valence-corrected chi connectivity index (χ0v) is 12.6. The number of halogens is 1. The van der Waals surface area contributed by atoms with Crippen molar-refractivity contribution < 1.29 is 9.53 Å². The van der Waals surface area contributed by atoms with Crippen LogP contribution in [0.15, 0.2) is 24.4 Å². The number of amides is 1. The maximum atomic E-state index is 11.6. The van der Waals surface area contributed by atoms with Gasteiger partial charge in [-0.05, 0) is 61.6 Å². The zero-order valence-electron chi connectivity index (χ0n) is 10.4. The molecule has 1 N–H and O–H groups in total. The van der Waals surface area contributed by atoms with Crippen molar-refractivity contribution in [2.75, 3.05) is 5.43 Å². The molecule has 0 aliphatic rings. The summed E-state index contributed by atoms with van der Waals surface area (Å²) in [5, 5.41) is 5.08. The Morgan fingerprint density at radius 3 is 2.83 bits per heavy atom. The van der Waals surface area contributed by atoms with Gasteiger partial charge in [-0.2, -0.15) is 9.89 Å². The molecule has 5 nitrogen and oxygen atoms in total. The van der Waals surface area contributed by atoms with Gasteiger partial charge in [0, 0.05) is 8.96 Å². The Labute approximate surface area is 119 Å². The fourth-order valence-corrected chi connectivity index (χ4v) is 2.00. The molecule has 0 saturated carbocycles. The van der Waals surface area contributed by atoms with Crippen molar-refractivity contribution >= 4 is 39.6 Å². The molecule has 18 heavy (non-hydrogen) atoms. The van der Waals surface area contributed by atoms with Crippen molar-refractivity contribution in [2.45, 2.75) is 26.4 Å². The van der Waals surface area contributed by atoms with E-state index < -0.39 is 11.7 Å². The number of hydrogen-bond donors (Lipinski definition) is 1. The lowest BCUT2D eigenvalue weighted by Gasteiger charge is -2.19. The van der Waals surface area contributed by atoms with Crippen molar-refractivity contribution in [1.82, 2.24) is 9.89 Å². The average molecular weight is 359 g/mol. The van der Waals surface area contributed by atoms with Crippen LogP contribution >= 0.6 is 22.6 Å². The Bertz CT molecular complexity index is 587. The molecule has 2 rings (SSSR count). The molecular weight excluding hydrogens is 345 g/mol. The highest BCUT2D eigenvalue weighted by atomic mass is 127. The maximum absolute atomic E-state index is 11.6. The van der Waals surface area contributed by atoms with Crippen molar-refractivity contribution in [3.63, 3.8) is 0 Å². The molecule has 2 aromatic rings. The Balaban J connectivity index is 2.20. The van der Waals surface area contributed by atoms with Crippen LogP contribution in [0.3, 0.4) is 0 Å². The van der Waals surface area contributed by atoms with Crippen molar-refractivity contribution in [1.29, 1.82) is 0 Å². The minimum atomic E-state index is -0.525. The van der Waals surface area contributed by atoms with Gasteiger partial charge in [-0.1, -0.05) is 0 Å². The quantitative estimate of drug-likeness (QED) is 0.796. The summed E-state index contributed by atoms with van der Waals surface area (Å²) in [6, 6.07) is 5.86. The highest BCUT2D eigenvalue weighted by Crippen LogP contribution is 2.16. The zero-order chi connectivity index (χ0) is 13.3. The molecule has 6 heteroatoms. The van der Waals surface area contributed by atoms with E-state index in [1.54, 1.807) is 6.20 Å². The maximum Gasteiger partial charge on any atom is 0.428 e. The van der Waals surface area contributed by atoms with Gasteiger partial charge < -0.3 is 4.74 Å². The Morgan fingerprint density at radius 1 is 1.44 bits per heavy atom. The standard InChI is InChI=1S/C12H14IN3O2/c1-12(2,3)18-11(17)15-16-10-5-4-9(13)6-8(10)7-14-16/h4-7H,1-3H3,(H,15,17). The monoisotopic (exact) mass is 359 g/mol.